The maximum atomic E-state index is 11.4. The van der Waals surface area contributed by atoms with Crippen LogP contribution >= 0.6 is 0 Å². The van der Waals surface area contributed by atoms with Gasteiger partial charge in [0.05, 0.1) is 6.61 Å². The highest BCUT2D eigenvalue weighted by molar-refractivity contribution is 5.87. The van der Waals surface area contributed by atoms with Gasteiger partial charge >= 0.3 is 11.9 Å². The number of aliphatic carboxylic acids is 1. The van der Waals surface area contributed by atoms with Crippen molar-refractivity contribution in [2.75, 3.05) is 18.5 Å². The highest BCUT2D eigenvalue weighted by Crippen LogP contribution is 2.26. The van der Waals surface area contributed by atoms with E-state index in [1.807, 2.05) is 13.8 Å². The van der Waals surface area contributed by atoms with Crippen LogP contribution in [0.5, 0.6) is 0 Å². The fourth-order valence-corrected chi connectivity index (χ4v) is 1.73. The summed E-state index contributed by atoms with van der Waals surface area (Å²) in [6, 6.07) is 0.257. The Morgan fingerprint density at radius 1 is 1.43 bits per heavy atom. The molecule has 0 bridgehead atoms. The molecule has 1 aromatic rings. The van der Waals surface area contributed by atoms with Crippen molar-refractivity contribution in [1.29, 1.82) is 0 Å². The van der Waals surface area contributed by atoms with E-state index in [0.29, 0.717) is 13.0 Å². The molecule has 1 heterocycles. The van der Waals surface area contributed by atoms with Crippen LogP contribution in [0.25, 0.3) is 0 Å². The number of carboxylic acid groups (broad SMARTS) is 1. The molecule has 7 nitrogen and oxygen atoms in total. The van der Waals surface area contributed by atoms with E-state index in [4.69, 9.17) is 14.3 Å². The number of carbonyl (C=O) groups is 2. The summed E-state index contributed by atoms with van der Waals surface area (Å²) in [6.45, 7) is 6.60. The van der Waals surface area contributed by atoms with Crippen LogP contribution in [0.15, 0.2) is 10.7 Å². The van der Waals surface area contributed by atoms with Gasteiger partial charge in [-0.3, -0.25) is 4.79 Å². The first-order chi connectivity index (χ1) is 9.84. The number of hydrogen-bond acceptors (Lipinski definition) is 6. The Morgan fingerprint density at radius 2 is 2.14 bits per heavy atom. The van der Waals surface area contributed by atoms with Crippen LogP contribution in [0, 0.1) is 5.41 Å². The van der Waals surface area contributed by atoms with Gasteiger partial charge in [0.25, 0.3) is 6.01 Å². The number of nitrogens with zero attached hydrogens (tertiary/aromatic N) is 1. The number of carboxylic acids is 1. The molecule has 2 N–H and O–H groups in total. The highest BCUT2D eigenvalue weighted by Gasteiger charge is 2.19. The average Bonchev–Trinajstić information content (AvgIpc) is 2.85. The largest absolute Gasteiger partial charge is 0.481 e. The summed E-state index contributed by atoms with van der Waals surface area (Å²) in [6.07, 6.45) is 2.76. The van der Waals surface area contributed by atoms with Crippen molar-refractivity contribution >= 4 is 18.0 Å². The molecule has 0 atom stereocenters. The number of esters is 1. The van der Waals surface area contributed by atoms with Crippen LogP contribution < -0.4 is 5.32 Å². The molecule has 118 valence electrons. The Morgan fingerprint density at radius 3 is 2.76 bits per heavy atom. The zero-order valence-corrected chi connectivity index (χ0v) is 12.6. The summed E-state index contributed by atoms with van der Waals surface area (Å²) in [4.78, 5) is 26.0. The molecule has 0 aromatic carbocycles. The van der Waals surface area contributed by atoms with Crippen molar-refractivity contribution in [2.24, 2.45) is 5.41 Å². The van der Waals surface area contributed by atoms with Crippen LogP contribution in [-0.4, -0.2) is 35.2 Å². The summed E-state index contributed by atoms with van der Waals surface area (Å²) in [5.74, 6) is -1.31. The van der Waals surface area contributed by atoms with E-state index >= 15 is 0 Å². The first-order valence-corrected chi connectivity index (χ1v) is 6.92. The summed E-state index contributed by atoms with van der Waals surface area (Å²) in [5, 5.41) is 11.7. The maximum Gasteiger partial charge on any atom is 0.360 e. The molecule has 7 heteroatoms. The van der Waals surface area contributed by atoms with Crippen molar-refractivity contribution in [3.63, 3.8) is 0 Å². The van der Waals surface area contributed by atoms with Crippen molar-refractivity contribution in [3.05, 3.63) is 12.0 Å². The minimum absolute atomic E-state index is 0.0953. The predicted molar refractivity (Wildman–Crippen MR) is 76.2 cm³/mol. The Labute approximate surface area is 123 Å². The molecule has 0 saturated carbocycles. The number of oxazole rings is 1. The predicted octanol–water partition coefficient (Wildman–Crippen LogP) is 2.54. The SMILES string of the molecule is CCOC(=O)c1coc(NCCC(C)(C)CCC(=O)O)n1. The summed E-state index contributed by atoms with van der Waals surface area (Å²) < 4.78 is 9.94. The molecule has 1 rings (SSSR count). The first kappa shape index (κ1) is 17.0. The molecular formula is C14H22N2O5. The normalized spacial score (nSPS) is 11.2. The standard InChI is InChI=1S/C14H22N2O5/c1-4-20-12(19)10-9-21-13(16-10)15-8-7-14(2,3)6-5-11(17)18/h9H,4-8H2,1-3H3,(H,15,16)(H,17,18). The van der Waals surface area contributed by atoms with Gasteiger partial charge in [0.2, 0.25) is 0 Å². The van der Waals surface area contributed by atoms with Gasteiger partial charge in [-0.25, -0.2) is 4.79 Å². The van der Waals surface area contributed by atoms with Gasteiger partial charge in [-0.2, -0.15) is 4.98 Å². The molecule has 1 aromatic heterocycles. The van der Waals surface area contributed by atoms with Gasteiger partial charge < -0.3 is 19.6 Å². The molecule has 0 unspecified atom stereocenters. The Balaban J connectivity index is 2.38. The van der Waals surface area contributed by atoms with Crippen molar-refractivity contribution in [3.8, 4) is 0 Å². The zero-order valence-electron chi connectivity index (χ0n) is 12.6. The number of ether oxygens (including phenoxy) is 1. The van der Waals surface area contributed by atoms with Crippen LogP contribution in [0.4, 0.5) is 6.01 Å². The molecule has 0 aliphatic rings. The number of rotatable bonds is 9. The Bertz CT molecular complexity index is 481. The van der Waals surface area contributed by atoms with Crippen LogP contribution in [0.3, 0.4) is 0 Å². The fourth-order valence-electron chi connectivity index (χ4n) is 1.73. The van der Waals surface area contributed by atoms with E-state index in [1.165, 1.54) is 6.26 Å². The quantitative estimate of drug-likeness (QED) is 0.675. The van der Waals surface area contributed by atoms with E-state index in [1.54, 1.807) is 6.92 Å². The minimum atomic E-state index is -0.789. The van der Waals surface area contributed by atoms with Crippen molar-refractivity contribution in [2.45, 2.75) is 40.0 Å². The molecule has 0 aliphatic carbocycles. The molecule has 0 spiro atoms. The lowest BCUT2D eigenvalue weighted by molar-refractivity contribution is -0.137. The highest BCUT2D eigenvalue weighted by atomic mass is 16.5. The lowest BCUT2D eigenvalue weighted by atomic mass is 9.84. The molecule has 0 aliphatic heterocycles. The van der Waals surface area contributed by atoms with E-state index in [2.05, 4.69) is 10.3 Å². The van der Waals surface area contributed by atoms with Crippen LogP contribution in [0.1, 0.15) is 50.5 Å². The number of anilines is 1. The van der Waals surface area contributed by atoms with Gasteiger partial charge in [0.1, 0.15) is 6.26 Å². The summed E-state index contributed by atoms with van der Waals surface area (Å²) in [5.41, 5.74) is 0.0339. The second-order valence-corrected chi connectivity index (χ2v) is 5.49. The molecule has 0 fully saturated rings. The molecule has 0 amide bonds. The Hall–Kier alpha value is -2.05. The van der Waals surface area contributed by atoms with Crippen molar-refractivity contribution < 1.29 is 23.8 Å². The second-order valence-electron chi connectivity index (χ2n) is 5.49. The van der Waals surface area contributed by atoms with Gasteiger partial charge in [0.15, 0.2) is 5.69 Å². The van der Waals surface area contributed by atoms with E-state index in [0.717, 1.165) is 6.42 Å². The monoisotopic (exact) mass is 298 g/mol. The summed E-state index contributed by atoms with van der Waals surface area (Å²) >= 11 is 0. The lowest BCUT2D eigenvalue weighted by Crippen LogP contribution is -2.18. The van der Waals surface area contributed by atoms with Gasteiger partial charge in [-0.15, -0.1) is 0 Å². The topological polar surface area (TPSA) is 102 Å². The Kier molecular flexibility index (Phi) is 6.20. The summed E-state index contributed by atoms with van der Waals surface area (Å²) in [7, 11) is 0. The molecule has 0 radical (unpaired) electrons. The first-order valence-electron chi connectivity index (χ1n) is 6.92. The number of carbonyl (C=O) groups excluding carboxylic acids is 1. The van der Waals surface area contributed by atoms with Crippen LogP contribution in [-0.2, 0) is 9.53 Å². The third kappa shape index (κ3) is 6.29. The third-order valence-electron chi connectivity index (χ3n) is 3.08. The zero-order chi connectivity index (χ0) is 15.9. The second kappa shape index (κ2) is 7.66. The van der Waals surface area contributed by atoms with E-state index in [9.17, 15) is 9.59 Å². The maximum absolute atomic E-state index is 11.4. The molecule has 21 heavy (non-hydrogen) atoms. The third-order valence-corrected chi connectivity index (χ3v) is 3.08. The average molecular weight is 298 g/mol. The van der Waals surface area contributed by atoms with Gasteiger partial charge in [-0.1, -0.05) is 13.8 Å². The van der Waals surface area contributed by atoms with E-state index in [-0.39, 0.29) is 30.2 Å². The van der Waals surface area contributed by atoms with Crippen molar-refractivity contribution in [1.82, 2.24) is 4.98 Å². The lowest BCUT2D eigenvalue weighted by Gasteiger charge is -2.23. The van der Waals surface area contributed by atoms with E-state index < -0.39 is 11.9 Å². The number of hydrogen-bond donors (Lipinski definition) is 2. The minimum Gasteiger partial charge on any atom is -0.481 e. The van der Waals surface area contributed by atoms with Gasteiger partial charge in [-0.05, 0) is 25.2 Å². The molecular weight excluding hydrogens is 276 g/mol. The van der Waals surface area contributed by atoms with Crippen LogP contribution in [0.2, 0.25) is 0 Å². The number of aromatic nitrogens is 1. The number of nitrogens with one attached hydrogen (secondary N) is 1. The smallest absolute Gasteiger partial charge is 0.360 e. The van der Waals surface area contributed by atoms with Gasteiger partial charge in [0, 0.05) is 13.0 Å². The fraction of sp³-hybridized carbons (Fsp3) is 0.643. The molecule has 0 saturated heterocycles.